The molecule has 2 aromatic carbocycles. The van der Waals surface area contributed by atoms with Gasteiger partial charge in [-0.25, -0.2) is 0 Å². The fraction of sp³-hybridized carbons (Fsp3) is 0.375. The molecule has 0 nitrogen and oxygen atoms in total. The summed E-state index contributed by atoms with van der Waals surface area (Å²) < 4.78 is 0. The lowest BCUT2D eigenvalue weighted by molar-refractivity contribution is 0.886. The Morgan fingerprint density at radius 1 is 0.688 bits per heavy atom. The Bertz CT molecular complexity index is 398. The average molecular weight is 214 g/mol. The molecule has 0 saturated heterocycles. The Labute approximate surface area is 99.3 Å². The van der Waals surface area contributed by atoms with Gasteiger partial charge in [0.15, 0.2) is 0 Å². The van der Waals surface area contributed by atoms with E-state index in [-0.39, 0.29) is 0 Å². The van der Waals surface area contributed by atoms with E-state index < -0.39 is 0 Å². The molecule has 2 rings (SSSR count). The molecule has 0 aliphatic heterocycles. The van der Waals surface area contributed by atoms with Gasteiger partial charge in [-0.1, -0.05) is 63.1 Å². The molecule has 0 saturated carbocycles. The SMILES string of the molecule is CCCC.Cc1ccc(C)c2ccccc12. The third-order valence-electron chi connectivity index (χ3n) is 2.86. The molecular formula is C16H22. The lowest BCUT2D eigenvalue weighted by atomic mass is 10.0. The largest absolute Gasteiger partial charge is 0.0654 e. The summed E-state index contributed by atoms with van der Waals surface area (Å²) in [6.07, 6.45) is 2.64. The molecule has 0 aliphatic carbocycles. The van der Waals surface area contributed by atoms with Crippen molar-refractivity contribution in [2.45, 2.75) is 40.5 Å². The second-order valence-electron chi connectivity index (χ2n) is 4.24. The molecule has 2 aromatic rings. The summed E-state index contributed by atoms with van der Waals surface area (Å²) in [5, 5.41) is 2.75. The van der Waals surface area contributed by atoms with Gasteiger partial charge in [0, 0.05) is 0 Å². The maximum absolute atomic E-state index is 2.18. The summed E-state index contributed by atoms with van der Waals surface area (Å²) in [7, 11) is 0. The zero-order valence-corrected chi connectivity index (χ0v) is 10.9. The van der Waals surface area contributed by atoms with E-state index in [4.69, 9.17) is 0 Å². The fourth-order valence-electron chi connectivity index (χ4n) is 1.60. The predicted molar refractivity (Wildman–Crippen MR) is 74.0 cm³/mol. The highest BCUT2D eigenvalue weighted by atomic mass is 14.0. The van der Waals surface area contributed by atoms with Crippen molar-refractivity contribution < 1.29 is 0 Å². The Morgan fingerprint density at radius 3 is 1.38 bits per heavy atom. The van der Waals surface area contributed by atoms with Crippen molar-refractivity contribution in [2.75, 3.05) is 0 Å². The predicted octanol–water partition coefficient (Wildman–Crippen LogP) is 5.26. The molecule has 16 heavy (non-hydrogen) atoms. The van der Waals surface area contributed by atoms with Crippen LogP contribution in [0.25, 0.3) is 10.8 Å². The van der Waals surface area contributed by atoms with Crippen LogP contribution in [0.3, 0.4) is 0 Å². The van der Waals surface area contributed by atoms with Gasteiger partial charge in [-0.3, -0.25) is 0 Å². The molecule has 0 amide bonds. The first kappa shape index (κ1) is 12.8. The molecule has 0 spiro atoms. The molecule has 0 atom stereocenters. The lowest BCUT2D eigenvalue weighted by Gasteiger charge is -2.03. The Morgan fingerprint density at radius 2 is 1.06 bits per heavy atom. The van der Waals surface area contributed by atoms with Gasteiger partial charge in [0.1, 0.15) is 0 Å². The summed E-state index contributed by atoms with van der Waals surface area (Å²) in [5.74, 6) is 0. The summed E-state index contributed by atoms with van der Waals surface area (Å²) in [6, 6.07) is 12.9. The fourth-order valence-corrected chi connectivity index (χ4v) is 1.60. The van der Waals surface area contributed by atoms with E-state index in [0.717, 1.165) is 0 Å². The van der Waals surface area contributed by atoms with E-state index in [1.807, 2.05) is 0 Å². The van der Waals surface area contributed by atoms with Crippen LogP contribution in [0.1, 0.15) is 37.8 Å². The third kappa shape index (κ3) is 3.10. The topological polar surface area (TPSA) is 0 Å². The monoisotopic (exact) mass is 214 g/mol. The number of aryl methyl sites for hydroxylation is 2. The Hall–Kier alpha value is -1.30. The van der Waals surface area contributed by atoms with Gasteiger partial charge in [0.05, 0.1) is 0 Å². The van der Waals surface area contributed by atoms with Gasteiger partial charge >= 0.3 is 0 Å². The minimum absolute atomic E-state index is 1.32. The number of unbranched alkanes of at least 4 members (excludes halogenated alkanes) is 1. The number of hydrogen-bond acceptors (Lipinski definition) is 0. The zero-order valence-electron chi connectivity index (χ0n) is 10.9. The highest BCUT2D eigenvalue weighted by Gasteiger charge is 1.97. The van der Waals surface area contributed by atoms with Gasteiger partial charge in [0.25, 0.3) is 0 Å². The first-order valence-corrected chi connectivity index (χ1v) is 6.15. The van der Waals surface area contributed by atoms with Crippen molar-refractivity contribution in [3.05, 3.63) is 47.5 Å². The average Bonchev–Trinajstić information content (AvgIpc) is 2.35. The maximum Gasteiger partial charge on any atom is -0.0152 e. The quantitative estimate of drug-likeness (QED) is 0.607. The van der Waals surface area contributed by atoms with E-state index in [0.29, 0.717) is 0 Å². The standard InChI is InChI=1S/C12H12.C4H10/c1-9-7-8-10(2)12-6-4-3-5-11(9)12;1-3-4-2/h3-8H,1-2H3;3-4H2,1-2H3. The van der Waals surface area contributed by atoms with Crippen LogP contribution >= 0.6 is 0 Å². The van der Waals surface area contributed by atoms with Crippen LogP contribution in [0.5, 0.6) is 0 Å². The molecule has 0 unspecified atom stereocenters. The van der Waals surface area contributed by atoms with Gasteiger partial charge < -0.3 is 0 Å². The first-order valence-electron chi connectivity index (χ1n) is 6.15. The Kier molecular flexibility index (Phi) is 5.04. The van der Waals surface area contributed by atoms with E-state index in [1.54, 1.807) is 0 Å². The Balaban J connectivity index is 0.000000280. The number of benzene rings is 2. The van der Waals surface area contributed by atoms with Gasteiger partial charge in [-0.2, -0.15) is 0 Å². The minimum atomic E-state index is 1.32. The van der Waals surface area contributed by atoms with Crippen molar-refractivity contribution in [2.24, 2.45) is 0 Å². The second kappa shape index (κ2) is 6.32. The molecule has 0 bridgehead atoms. The molecule has 0 heteroatoms. The second-order valence-corrected chi connectivity index (χ2v) is 4.24. The molecular weight excluding hydrogens is 192 g/mol. The van der Waals surface area contributed by atoms with Crippen LogP contribution < -0.4 is 0 Å². The molecule has 0 radical (unpaired) electrons. The van der Waals surface area contributed by atoms with Gasteiger partial charge in [-0.05, 0) is 35.7 Å². The first-order chi connectivity index (χ1) is 7.70. The summed E-state index contributed by atoms with van der Waals surface area (Å²) in [6.45, 7) is 8.67. The number of rotatable bonds is 1. The van der Waals surface area contributed by atoms with Crippen molar-refractivity contribution >= 4 is 10.8 Å². The van der Waals surface area contributed by atoms with Crippen molar-refractivity contribution in [1.82, 2.24) is 0 Å². The van der Waals surface area contributed by atoms with Crippen molar-refractivity contribution in [3.63, 3.8) is 0 Å². The van der Waals surface area contributed by atoms with Crippen LogP contribution in [-0.4, -0.2) is 0 Å². The molecule has 0 fully saturated rings. The van der Waals surface area contributed by atoms with E-state index in [2.05, 4.69) is 64.1 Å². The van der Waals surface area contributed by atoms with E-state index >= 15 is 0 Å². The summed E-state index contributed by atoms with van der Waals surface area (Å²) in [5.41, 5.74) is 2.72. The highest BCUT2D eigenvalue weighted by Crippen LogP contribution is 2.20. The molecule has 0 aliphatic rings. The maximum atomic E-state index is 2.18. The lowest BCUT2D eigenvalue weighted by Crippen LogP contribution is -1.80. The number of fused-ring (bicyclic) bond motifs is 1. The summed E-state index contributed by atoms with van der Waals surface area (Å²) in [4.78, 5) is 0. The smallest absolute Gasteiger partial charge is 0.0152 e. The molecule has 0 N–H and O–H groups in total. The van der Waals surface area contributed by atoms with Gasteiger partial charge in [0.2, 0.25) is 0 Å². The van der Waals surface area contributed by atoms with Crippen LogP contribution in [0.4, 0.5) is 0 Å². The van der Waals surface area contributed by atoms with Crippen molar-refractivity contribution in [1.29, 1.82) is 0 Å². The highest BCUT2D eigenvalue weighted by molar-refractivity contribution is 5.88. The molecule has 86 valence electrons. The normalized spacial score (nSPS) is 9.75. The van der Waals surface area contributed by atoms with Crippen LogP contribution in [-0.2, 0) is 0 Å². The summed E-state index contributed by atoms with van der Waals surface area (Å²) >= 11 is 0. The zero-order chi connectivity index (χ0) is 12.0. The van der Waals surface area contributed by atoms with Crippen LogP contribution in [0, 0.1) is 13.8 Å². The van der Waals surface area contributed by atoms with E-state index in [9.17, 15) is 0 Å². The molecule has 0 aromatic heterocycles. The third-order valence-corrected chi connectivity index (χ3v) is 2.86. The van der Waals surface area contributed by atoms with Crippen LogP contribution in [0.15, 0.2) is 36.4 Å². The van der Waals surface area contributed by atoms with Crippen molar-refractivity contribution in [3.8, 4) is 0 Å². The van der Waals surface area contributed by atoms with Crippen LogP contribution in [0.2, 0.25) is 0 Å². The molecule has 0 heterocycles. The van der Waals surface area contributed by atoms with E-state index in [1.165, 1.54) is 34.7 Å². The number of hydrogen-bond donors (Lipinski definition) is 0. The minimum Gasteiger partial charge on any atom is -0.0654 e. The van der Waals surface area contributed by atoms with Gasteiger partial charge in [-0.15, -0.1) is 0 Å².